The highest BCUT2D eigenvalue weighted by atomic mass is 79.9. The van der Waals surface area contributed by atoms with Crippen LogP contribution in [0.5, 0.6) is 23.0 Å². The molecule has 0 fully saturated rings. The van der Waals surface area contributed by atoms with Crippen LogP contribution in [-0.2, 0) is 13.1 Å². The number of nitrogens with zero attached hydrogens (tertiary/aromatic N) is 1. The molecule has 0 N–H and O–H groups in total. The molecule has 3 aromatic carbocycles. The fourth-order valence-electron chi connectivity index (χ4n) is 3.95. The SMILES string of the molecule is COc1ccc(CN2COc3ccc4c(=O)c(Oc5ccccc5Br)c(C)oc4c3C2)cc1. The number of rotatable bonds is 5. The molecule has 4 aromatic rings. The molecule has 2 heterocycles. The highest BCUT2D eigenvalue weighted by Crippen LogP contribution is 2.35. The Morgan fingerprint density at radius 2 is 1.85 bits per heavy atom. The van der Waals surface area contributed by atoms with Gasteiger partial charge in [0, 0.05) is 13.1 Å². The van der Waals surface area contributed by atoms with E-state index in [4.69, 9.17) is 18.6 Å². The summed E-state index contributed by atoms with van der Waals surface area (Å²) in [5.41, 5.74) is 2.33. The van der Waals surface area contributed by atoms with E-state index in [0.29, 0.717) is 42.3 Å². The zero-order valence-electron chi connectivity index (χ0n) is 18.3. The van der Waals surface area contributed by atoms with Crippen LogP contribution in [-0.4, -0.2) is 18.7 Å². The third-order valence-electron chi connectivity index (χ3n) is 5.64. The second-order valence-electron chi connectivity index (χ2n) is 7.88. The maximum Gasteiger partial charge on any atom is 0.235 e. The minimum atomic E-state index is -0.209. The number of ether oxygens (including phenoxy) is 3. The van der Waals surface area contributed by atoms with E-state index in [2.05, 4.69) is 20.8 Å². The minimum absolute atomic E-state index is 0.182. The highest BCUT2D eigenvalue weighted by molar-refractivity contribution is 9.10. The number of halogens is 1. The summed E-state index contributed by atoms with van der Waals surface area (Å²) in [5, 5.41) is 0.469. The maximum absolute atomic E-state index is 13.3. The van der Waals surface area contributed by atoms with E-state index >= 15 is 0 Å². The van der Waals surface area contributed by atoms with Crippen LogP contribution in [0.2, 0.25) is 0 Å². The second kappa shape index (κ2) is 8.92. The van der Waals surface area contributed by atoms with Crippen LogP contribution in [0, 0.1) is 6.92 Å². The zero-order chi connectivity index (χ0) is 22.9. The van der Waals surface area contributed by atoms with Gasteiger partial charge in [-0.25, -0.2) is 0 Å². The first-order valence-corrected chi connectivity index (χ1v) is 11.3. The molecule has 0 bridgehead atoms. The van der Waals surface area contributed by atoms with Crippen molar-refractivity contribution in [2.45, 2.75) is 20.0 Å². The van der Waals surface area contributed by atoms with E-state index in [1.54, 1.807) is 26.2 Å². The van der Waals surface area contributed by atoms with Gasteiger partial charge < -0.3 is 18.6 Å². The lowest BCUT2D eigenvalue weighted by Crippen LogP contribution is -2.31. The molecule has 1 aliphatic heterocycles. The molecular formula is C26H22BrNO5. The average molecular weight is 508 g/mol. The fraction of sp³-hybridized carbons (Fsp3) is 0.192. The van der Waals surface area contributed by atoms with Crippen LogP contribution in [0.4, 0.5) is 0 Å². The Morgan fingerprint density at radius 1 is 1.06 bits per heavy atom. The molecule has 0 unspecified atom stereocenters. The lowest BCUT2D eigenvalue weighted by molar-refractivity contribution is 0.0889. The Morgan fingerprint density at radius 3 is 2.61 bits per heavy atom. The Bertz CT molecular complexity index is 1380. The van der Waals surface area contributed by atoms with Gasteiger partial charge >= 0.3 is 0 Å². The molecule has 1 aliphatic rings. The summed E-state index contributed by atoms with van der Waals surface area (Å²) in [6.07, 6.45) is 0. The second-order valence-corrected chi connectivity index (χ2v) is 8.73. The molecule has 0 saturated heterocycles. The maximum atomic E-state index is 13.3. The molecule has 0 aliphatic carbocycles. The van der Waals surface area contributed by atoms with Gasteiger partial charge in [-0.2, -0.15) is 0 Å². The number of hydrogen-bond donors (Lipinski definition) is 0. The van der Waals surface area contributed by atoms with Gasteiger partial charge in [-0.3, -0.25) is 9.69 Å². The standard InChI is InChI=1S/C26H22BrNO5/c1-16-25(33-23-6-4-3-5-21(23)27)24(29)19-11-12-22-20(26(19)32-16)14-28(15-31-22)13-17-7-9-18(30-2)10-8-17/h3-12H,13-15H2,1-2H3. The third-order valence-corrected chi connectivity index (χ3v) is 6.30. The quantitative estimate of drug-likeness (QED) is 0.329. The van der Waals surface area contributed by atoms with Crippen LogP contribution < -0.4 is 19.6 Å². The summed E-state index contributed by atoms with van der Waals surface area (Å²) in [5.74, 6) is 2.71. The van der Waals surface area contributed by atoms with Gasteiger partial charge in [0.15, 0.2) is 0 Å². The molecule has 0 amide bonds. The number of methoxy groups -OCH3 is 1. The van der Waals surface area contributed by atoms with E-state index in [9.17, 15) is 4.79 Å². The number of hydrogen-bond acceptors (Lipinski definition) is 6. The highest BCUT2D eigenvalue weighted by Gasteiger charge is 2.24. The van der Waals surface area contributed by atoms with Gasteiger partial charge in [-0.05, 0) is 64.8 Å². The molecule has 168 valence electrons. The van der Waals surface area contributed by atoms with Crippen molar-refractivity contribution in [2.24, 2.45) is 0 Å². The summed E-state index contributed by atoms with van der Waals surface area (Å²) in [4.78, 5) is 15.5. The number of benzene rings is 3. The normalized spacial score (nSPS) is 13.4. The first-order valence-electron chi connectivity index (χ1n) is 10.5. The Balaban J connectivity index is 1.48. The summed E-state index contributed by atoms with van der Waals surface area (Å²) < 4.78 is 24.1. The summed E-state index contributed by atoms with van der Waals surface area (Å²) in [6.45, 7) is 3.50. The topological polar surface area (TPSA) is 61.1 Å². The summed E-state index contributed by atoms with van der Waals surface area (Å²) in [7, 11) is 1.65. The van der Waals surface area contributed by atoms with E-state index in [1.165, 1.54) is 0 Å². The van der Waals surface area contributed by atoms with Crippen molar-refractivity contribution in [3.8, 4) is 23.0 Å². The monoisotopic (exact) mass is 507 g/mol. The number of fused-ring (bicyclic) bond motifs is 3. The van der Waals surface area contributed by atoms with Crippen LogP contribution in [0.15, 0.2) is 74.3 Å². The first kappa shape index (κ1) is 21.6. The Labute approximate surface area is 199 Å². The van der Waals surface area contributed by atoms with Crippen LogP contribution >= 0.6 is 15.9 Å². The van der Waals surface area contributed by atoms with Gasteiger partial charge in [0.1, 0.15) is 35.3 Å². The molecule has 7 heteroatoms. The van der Waals surface area contributed by atoms with Gasteiger partial charge in [0.25, 0.3) is 0 Å². The predicted octanol–water partition coefficient (Wildman–Crippen LogP) is 6.02. The smallest absolute Gasteiger partial charge is 0.235 e. The third kappa shape index (κ3) is 4.21. The summed E-state index contributed by atoms with van der Waals surface area (Å²) >= 11 is 3.46. The lowest BCUT2D eigenvalue weighted by atomic mass is 10.1. The number of aryl methyl sites for hydroxylation is 1. The van der Waals surface area contributed by atoms with Crippen molar-refractivity contribution in [1.82, 2.24) is 4.90 Å². The molecule has 5 rings (SSSR count). The fourth-order valence-corrected chi connectivity index (χ4v) is 4.31. The molecule has 0 spiro atoms. The molecule has 6 nitrogen and oxygen atoms in total. The van der Waals surface area contributed by atoms with Crippen LogP contribution in [0.3, 0.4) is 0 Å². The molecule has 0 atom stereocenters. The molecule has 1 aromatic heterocycles. The molecule has 33 heavy (non-hydrogen) atoms. The molecular weight excluding hydrogens is 486 g/mol. The van der Waals surface area contributed by atoms with Crippen molar-refractivity contribution in [3.05, 3.63) is 92.2 Å². The van der Waals surface area contributed by atoms with E-state index in [1.807, 2.05) is 48.5 Å². The van der Waals surface area contributed by atoms with Crippen molar-refractivity contribution < 1.29 is 18.6 Å². The van der Waals surface area contributed by atoms with Gasteiger partial charge in [0.2, 0.25) is 11.2 Å². The van der Waals surface area contributed by atoms with Gasteiger partial charge in [-0.15, -0.1) is 0 Å². The largest absolute Gasteiger partial charge is 0.497 e. The van der Waals surface area contributed by atoms with Crippen molar-refractivity contribution >= 4 is 26.9 Å². The lowest BCUT2D eigenvalue weighted by Gasteiger charge is -2.29. The van der Waals surface area contributed by atoms with Crippen molar-refractivity contribution in [2.75, 3.05) is 13.8 Å². The van der Waals surface area contributed by atoms with Crippen molar-refractivity contribution in [1.29, 1.82) is 0 Å². The Kier molecular flexibility index (Phi) is 5.83. The summed E-state index contributed by atoms with van der Waals surface area (Å²) in [6, 6.07) is 18.9. The minimum Gasteiger partial charge on any atom is -0.497 e. The van der Waals surface area contributed by atoms with Crippen molar-refractivity contribution in [3.63, 3.8) is 0 Å². The molecule has 0 saturated carbocycles. The first-order chi connectivity index (χ1) is 16.0. The van der Waals surface area contributed by atoms with Gasteiger partial charge in [0.05, 0.1) is 22.5 Å². The van der Waals surface area contributed by atoms with Gasteiger partial charge in [-0.1, -0.05) is 24.3 Å². The van der Waals surface area contributed by atoms with E-state index in [-0.39, 0.29) is 11.2 Å². The Hall–Kier alpha value is -3.29. The van der Waals surface area contributed by atoms with E-state index < -0.39 is 0 Å². The average Bonchev–Trinajstić information content (AvgIpc) is 2.83. The predicted molar refractivity (Wildman–Crippen MR) is 129 cm³/mol. The van der Waals surface area contributed by atoms with Crippen LogP contribution in [0.25, 0.3) is 11.0 Å². The zero-order valence-corrected chi connectivity index (χ0v) is 19.8. The molecule has 0 radical (unpaired) electrons. The van der Waals surface area contributed by atoms with E-state index in [0.717, 1.165) is 27.1 Å². The van der Waals surface area contributed by atoms with Crippen LogP contribution in [0.1, 0.15) is 16.9 Å². The number of para-hydroxylation sites is 1.